The Morgan fingerprint density at radius 1 is 1.77 bits per heavy atom. The average molecular weight is 177 g/mol. The molecule has 0 aliphatic carbocycles. The van der Waals surface area contributed by atoms with Crippen molar-refractivity contribution in [2.75, 3.05) is 0 Å². The molecule has 1 unspecified atom stereocenters. The predicted molar refractivity (Wildman–Crippen MR) is 44.9 cm³/mol. The van der Waals surface area contributed by atoms with Crippen molar-refractivity contribution in [1.29, 1.82) is 5.26 Å². The van der Waals surface area contributed by atoms with Crippen LogP contribution in [0.5, 0.6) is 0 Å². The molecule has 0 saturated carbocycles. The van der Waals surface area contributed by atoms with Gasteiger partial charge in [-0.25, -0.2) is 0 Å². The zero-order valence-electron chi connectivity index (χ0n) is 6.97. The van der Waals surface area contributed by atoms with Crippen LogP contribution in [0, 0.1) is 21.4 Å². The standard InChI is InChI=1S/C8H7N3O2/c1-6(5-9)8-7(11(12)13)3-2-4-10-8/h2-4,6H,1H3. The molecule has 5 nitrogen and oxygen atoms in total. The van der Waals surface area contributed by atoms with Gasteiger partial charge in [-0.3, -0.25) is 15.1 Å². The Bertz CT molecular complexity index is 370. The van der Waals surface area contributed by atoms with Crippen molar-refractivity contribution in [3.05, 3.63) is 34.1 Å². The lowest BCUT2D eigenvalue weighted by molar-refractivity contribution is -0.386. The lowest BCUT2D eigenvalue weighted by atomic mass is 10.1. The number of hydrogen-bond donors (Lipinski definition) is 0. The third kappa shape index (κ3) is 1.79. The van der Waals surface area contributed by atoms with Crippen molar-refractivity contribution in [3.63, 3.8) is 0 Å². The Morgan fingerprint density at radius 3 is 3.00 bits per heavy atom. The summed E-state index contributed by atoms with van der Waals surface area (Å²) in [5.41, 5.74) is 0.117. The van der Waals surface area contributed by atoms with E-state index >= 15 is 0 Å². The molecular formula is C8H7N3O2. The van der Waals surface area contributed by atoms with Crippen molar-refractivity contribution in [1.82, 2.24) is 4.98 Å². The van der Waals surface area contributed by atoms with Crippen LogP contribution in [0.1, 0.15) is 18.5 Å². The molecule has 13 heavy (non-hydrogen) atoms. The molecule has 0 spiro atoms. The zero-order chi connectivity index (χ0) is 9.84. The monoisotopic (exact) mass is 177 g/mol. The van der Waals surface area contributed by atoms with Crippen LogP contribution in [0.25, 0.3) is 0 Å². The van der Waals surface area contributed by atoms with E-state index in [1.807, 2.05) is 6.07 Å². The molecule has 0 fully saturated rings. The molecule has 0 N–H and O–H groups in total. The fraction of sp³-hybridized carbons (Fsp3) is 0.250. The van der Waals surface area contributed by atoms with Crippen LogP contribution in [0.15, 0.2) is 18.3 Å². The summed E-state index contributed by atoms with van der Waals surface area (Å²) in [4.78, 5) is 13.8. The Morgan fingerprint density at radius 2 is 2.46 bits per heavy atom. The second-order valence-electron chi connectivity index (χ2n) is 2.52. The first kappa shape index (κ1) is 9.13. The largest absolute Gasteiger partial charge is 0.292 e. The summed E-state index contributed by atoms with van der Waals surface area (Å²) in [6.45, 7) is 1.58. The smallest absolute Gasteiger partial charge is 0.258 e. The second kappa shape index (κ2) is 3.63. The van der Waals surface area contributed by atoms with Gasteiger partial charge in [0.15, 0.2) is 0 Å². The summed E-state index contributed by atoms with van der Waals surface area (Å²) < 4.78 is 0. The van der Waals surface area contributed by atoms with E-state index in [4.69, 9.17) is 5.26 Å². The van der Waals surface area contributed by atoms with E-state index in [9.17, 15) is 10.1 Å². The first-order valence-corrected chi connectivity index (χ1v) is 3.65. The van der Waals surface area contributed by atoms with Crippen LogP contribution in [0.3, 0.4) is 0 Å². The number of nitro groups is 1. The Kier molecular flexibility index (Phi) is 2.55. The van der Waals surface area contributed by atoms with Gasteiger partial charge in [0.1, 0.15) is 5.69 Å². The molecule has 0 radical (unpaired) electrons. The van der Waals surface area contributed by atoms with Crippen molar-refractivity contribution in [3.8, 4) is 6.07 Å². The number of nitriles is 1. The van der Waals surface area contributed by atoms with Gasteiger partial charge in [-0.1, -0.05) is 0 Å². The molecule has 0 bridgehead atoms. The molecule has 5 heteroatoms. The quantitative estimate of drug-likeness (QED) is 0.507. The van der Waals surface area contributed by atoms with Crippen LogP contribution >= 0.6 is 0 Å². The highest BCUT2D eigenvalue weighted by Crippen LogP contribution is 2.22. The van der Waals surface area contributed by atoms with Crippen molar-refractivity contribution in [2.24, 2.45) is 0 Å². The summed E-state index contributed by atoms with van der Waals surface area (Å²) in [6.07, 6.45) is 1.44. The fourth-order valence-corrected chi connectivity index (χ4v) is 0.958. The maximum Gasteiger partial charge on any atom is 0.292 e. The topological polar surface area (TPSA) is 79.8 Å². The molecule has 0 aliphatic rings. The van der Waals surface area contributed by atoms with Gasteiger partial charge >= 0.3 is 0 Å². The minimum atomic E-state index is -0.554. The summed E-state index contributed by atoms with van der Waals surface area (Å²) in [5.74, 6) is -0.554. The first-order valence-electron chi connectivity index (χ1n) is 3.65. The lowest BCUT2D eigenvalue weighted by Gasteiger charge is -2.01. The lowest BCUT2D eigenvalue weighted by Crippen LogP contribution is -2.00. The van der Waals surface area contributed by atoms with Gasteiger partial charge in [0.05, 0.1) is 16.9 Å². The predicted octanol–water partition coefficient (Wildman–Crippen LogP) is 1.62. The van der Waals surface area contributed by atoms with Gasteiger partial charge in [0.25, 0.3) is 5.69 Å². The molecule has 0 aliphatic heterocycles. The van der Waals surface area contributed by atoms with E-state index < -0.39 is 10.8 Å². The van der Waals surface area contributed by atoms with Gasteiger partial charge in [0, 0.05) is 12.3 Å². The van der Waals surface area contributed by atoms with Gasteiger partial charge in [0.2, 0.25) is 0 Å². The van der Waals surface area contributed by atoms with E-state index in [2.05, 4.69) is 4.98 Å². The van der Waals surface area contributed by atoms with E-state index in [1.165, 1.54) is 18.3 Å². The van der Waals surface area contributed by atoms with Crippen LogP contribution in [-0.4, -0.2) is 9.91 Å². The minimum absolute atomic E-state index is 0.100. The molecule has 66 valence electrons. The highest BCUT2D eigenvalue weighted by Gasteiger charge is 2.18. The molecule has 1 aromatic rings. The highest BCUT2D eigenvalue weighted by molar-refractivity contribution is 5.38. The third-order valence-electron chi connectivity index (χ3n) is 1.62. The van der Waals surface area contributed by atoms with E-state index in [-0.39, 0.29) is 11.4 Å². The van der Waals surface area contributed by atoms with Gasteiger partial charge in [-0.15, -0.1) is 0 Å². The summed E-state index contributed by atoms with van der Waals surface area (Å²) in [6, 6.07) is 4.73. The molecular weight excluding hydrogens is 170 g/mol. The molecule has 1 heterocycles. The van der Waals surface area contributed by atoms with E-state index in [1.54, 1.807) is 6.92 Å². The Balaban J connectivity index is 3.21. The average Bonchev–Trinajstić information content (AvgIpc) is 2.16. The second-order valence-corrected chi connectivity index (χ2v) is 2.52. The van der Waals surface area contributed by atoms with Crippen LogP contribution < -0.4 is 0 Å². The van der Waals surface area contributed by atoms with Gasteiger partial charge in [-0.2, -0.15) is 5.26 Å². The number of rotatable bonds is 2. The van der Waals surface area contributed by atoms with Gasteiger partial charge < -0.3 is 0 Å². The third-order valence-corrected chi connectivity index (χ3v) is 1.62. The number of hydrogen-bond acceptors (Lipinski definition) is 4. The van der Waals surface area contributed by atoms with Crippen LogP contribution in [-0.2, 0) is 0 Å². The summed E-state index contributed by atoms with van der Waals surface area (Å²) in [7, 11) is 0. The van der Waals surface area contributed by atoms with E-state index in [0.717, 1.165) is 0 Å². The maximum atomic E-state index is 10.5. The summed E-state index contributed by atoms with van der Waals surface area (Å²) in [5, 5.41) is 19.1. The van der Waals surface area contributed by atoms with Crippen molar-refractivity contribution in [2.45, 2.75) is 12.8 Å². The van der Waals surface area contributed by atoms with Crippen molar-refractivity contribution < 1.29 is 4.92 Å². The highest BCUT2D eigenvalue weighted by atomic mass is 16.6. The number of pyridine rings is 1. The maximum absolute atomic E-state index is 10.5. The Labute approximate surface area is 74.8 Å². The normalized spacial score (nSPS) is 11.7. The molecule has 0 aromatic carbocycles. The number of nitrogens with zero attached hydrogens (tertiary/aromatic N) is 3. The minimum Gasteiger partial charge on any atom is -0.258 e. The molecule has 0 saturated heterocycles. The van der Waals surface area contributed by atoms with Crippen molar-refractivity contribution >= 4 is 5.69 Å². The van der Waals surface area contributed by atoms with Crippen LogP contribution in [0.4, 0.5) is 5.69 Å². The SMILES string of the molecule is CC(C#N)c1ncccc1[N+](=O)[O-]. The molecule has 1 rings (SSSR count). The Hall–Kier alpha value is -1.96. The van der Waals surface area contributed by atoms with Crippen LogP contribution in [0.2, 0.25) is 0 Å². The van der Waals surface area contributed by atoms with E-state index in [0.29, 0.717) is 0 Å². The molecule has 1 atom stereocenters. The molecule has 0 amide bonds. The first-order chi connectivity index (χ1) is 6.16. The van der Waals surface area contributed by atoms with Gasteiger partial charge in [-0.05, 0) is 13.0 Å². The summed E-state index contributed by atoms with van der Waals surface area (Å²) >= 11 is 0. The fourth-order valence-electron chi connectivity index (χ4n) is 0.958. The number of aromatic nitrogens is 1. The zero-order valence-corrected chi connectivity index (χ0v) is 6.97. The molecule has 1 aromatic heterocycles.